The molecule has 0 spiro atoms. The first-order valence-electron chi connectivity index (χ1n) is 5.01. The Balaban J connectivity index is 2.41. The summed E-state index contributed by atoms with van der Waals surface area (Å²) in [6.45, 7) is 6.13. The lowest BCUT2D eigenvalue weighted by molar-refractivity contribution is 0.540. The summed E-state index contributed by atoms with van der Waals surface area (Å²) in [4.78, 5) is 0. The molecule has 0 aromatic carbocycles. The standard InChI is InChI=1S/C10H21NOS/c1-10(2,3)13(12)7-9(11-4)8-5-6-8/h8-9,11H,5-7H2,1-4H3. The zero-order valence-electron chi connectivity index (χ0n) is 9.09. The van der Waals surface area contributed by atoms with Gasteiger partial charge in [-0.3, -0.25) is 4.21 Å². The molecular formula is C10H21NOS. The molecule has 0 aromatic heterocycles. The zero-order valence-corrected chi connectivity index (χ0v) is 9.91. The number of hydrogen-bond donors (Lipinski definition) is 1. The van der Waals surface area contributed by atoms with Crippen molar-refractivity contribution < 1.29 is 4.21 Å². The molecule has 1 N–H and O–H groups in total. The predicted octanol–water partition coefficient (Wildman–Crippen LogP) is 1.53. The lowest BCUT2D eigenvalue weighted by Gasteiger charge is -2.22. The fourth-order valence-corrected chi connectivity index (χ4v) is 2.63. The van der Waals surface area contributed by atoms with E-state index in [1.165, 1.54) is 12.8 Å². The zero-order chi connectivity index (χ0) is 10.1. The summed E-state index contributed by atoms with van der Waals surface area (Å²) in [6, 6.07) is 0.472. The molecule has 0 saturated heterocycles. The molecule has 0 heterocycles. The van der Waals surface area contributed by atoms with Gasteiger partial charge in [-0.15, -0.1) is 0 Å². The lowest BCUT2D eigenvalue weighted by atomic mass is 10.2. The Bertz CT molecular complexity index is 194. The van der Waals surface area contributed by atoms with Crippen LogP contribution in [0.25, 0.3) is 0 Å². The van der Waals surface area contributed by atoms with Gasteiger partial charge in [-0.05, 0) is 46.6 Å². The average Bonchev–Trinajstić information content (AvgIpc) is 2.80. The van der Waals surface area contributed by atoms with Gasteiger partial charge >= 0.3 is 0 Å². The van der Waals surface area contributed by atoms with Gasteiger partial charge in [0.2, 0.25) is 0 Å². The van der Waals surface area contributed by atoms with Crippen LogP contribution >= 0.6 is 0 Å². The Morgan fingerprint density at radius 1 is 1.46 bits per heavy atom. The van der Waals surface area contributed by atoms with Gasteiger partial charge in [0.25, 0.3) is 0 Å². The van der Waals surface area contributed by atoms with Gasteiger partial charge < -0.3 is 5.32 Å². The molecule has 1 rings (SSSR count). The molecule has 2 unspecified atom stereocenters. The summed E-state index contributed by atoms with van der Waals surface area (Å²) in [5, 5.41) is 3.27. The van der Waals surface area contributed by atoms with Crippen LogP contribution in [0.15, 0.2) is 0 Å². The summed E-state index contributed by atoms with van der Waals surface area (Å²) < 4.78 is 11.8. The van der Waals surface area contributed by atoms with Crippen LogP contribution in [0.2, 0.25) is 0 Å². The third kappa shape index (κ3) is 3.39. The first-order chi connectivity index (χ1) is 5.95. The highest BCUT2D eigenvalue weighted by atomic mass is 32.2. The van der Waals surface area contributed by atoms with Crippen LogP contribution in [-0.2, 0) is 10.8 Å². The Morgan fingerprint density at radius 2 is 2.00 bits per heavy atom. The fourth-order valence-electron chi connectivity index (χ4n) is 1.37. The molecule has 3 heteroatoms. The largest absolute Gasteiger partial charge is 0.316 e. The molecule has 0 radical (unpaired) electrons. The maximum Gasteiger partial charge on any atom is 0.0396 e. The third-order valence-electron chi connectivity index (χ3n) is 2.58. The molecule has 1 aliphatic rings. The summed E-state index contributed by atoms with van der Waals surface area (Å²) in [5.41, 5.74) is 0. The Labute approximate surface area is 83.9 Å². The molecule has 13 heavy (non-hydrogen) atoms. The Kier molecular flexibility index (Phi) is 3.52. The van der Waals surface area contributed by atoms with Gasteiger partial charge in [-0.25, -0.2) is 0 Å². The number of hydrogen-bond acceptors (Lipinski definition) is 2. The monoisotopic (exact) mass is 203 g/mol. The van der Waals surface area contributed by atoms with Crippen LogP contribution in [0, 0.1) is 5.92 Å². The van der Waals surface area contributed by atoms with Crippen molar-refractivity contribution in [3.8, 4) is 0 Å². The van der Waals surface area contributed by atoms with Crippen molar-refractivity contribution in [1.29, 1.82) is 0 Å². The minimum atomic E-state index is -0.710. The minimum absolute atomic E-state index is 0.0655. The second kappa shape index (κ2) is 4.09. The van der Waals surface area contributed by atoms with Gasteiger partial charge in [0.1, 0.15) is 0 Å². The maximum atomic E-state index is 11.8. The SMILES string of the molecule is CNC(CS(=O)C(C)(C)C)C1CC1. The highest BCUT2D eigenvalue weighted by Gasteiger charge is 2.33. The van der Waals surface area contributed by atoms with E-state index in [2.05, 4.69) is 5.32 Å². The third-order valence-corrected chi connectivity index (χ3v) is 4.60. The van der Waals surface area contributed by atoms with E-state index >= 15 is 0 Å². The normalized spacial score (nSPS) is 22.8. The molecular weight excluding hydrogens is 182 g/mol. The molecule has 0 bridgehead atoms. The van der Waals surface area contributed by atoms with Gasteiger partial charge in [-0.2, -0.15) is 0 Å². The second-order valence-corrected chi connectivity index (χ2v) is 7.11. The summed E-state index contributed by atoms with van der Waals surface area (Å²) in [6.07, 6.45) is 2.62. The van der Waals surface area contributed by atoms with E-state index in [-0.39, 0.29) is 4.75 Å². The summed E-state index contributed by atoms with van der Waals surface area (Å²) in [7, 11) is 1.26. The molecule has 0 aromatic rings. The number of rotatable bonds is 4. The predicted molar refractivity (Wildman–Crippen MR) is 58.3 cm³/mol. The van der Waals surface area contributed by atoms with E-state index < -0.39 is 10.8 Å². The first kappa shape index (κ1) is 11.2. The van der Waals surface area contributed by atoms with Gasteiger partial charge in [0.05, 0.1) is 0 Å². The van der Waals surface area contributed by atoms with Crippen molar-refractivity contribution in [2.24, 2.45) is 5.92 Å². The average molecular weight is 203 g/mol. The van der Waals surface area contributed by atoms with Crippen LogP contribution in [-0.4, -0.2) is 27.8 Å². The Hall–Kier alpha value is 0.110. The second-order valence-electron chi connectivity index (χ2n) is 4.86. The van der Waals surface area contributed by atoms with Crippen molar-refractivity contribution in [1.82, 2.24) is 5.32 Å². The van der Waals surface area contributed by atoms with Crippen molar-refractivity contribution in [2.45, 2.75) is 44.4 Å². The maximum absolute atomic E-state index is 11.8. The molecule has 1 fully saturated rings. The Morgan fingerprint density at radius 3 is 2.31 bits per heavy atom. The van der Waals surface area contributed by atoms with Crippen LogP contribution in [0.1, 0.15) is 33.6 Å². The van der Waals surface area contributed by atoms with E-state index in [0.717, 1.165) is 11.7 Å². The molecule has 2 nitrogen and oxygen atoms in total. The lowest BCUT2D eigenvalue weighted by Crippen LogP contribution is -2.37. The molecule has 1 saturated carbocycles. The van der Waals surface area contributed by atoms with E-state index in [4.69, 9.17) is 0 Å². The van der Waals surface area contributed by atoms with Crippen LogP contribution in [0.3, 0.4) is 0 Å². The van der Waals surface area contributed by atoms with E-state index in [1.807, 2.05) is 27.8 Å². The molecule has 0 aliphatic heterocycles. The fraction of sp³-hybridized carbons (Fsp3) is 1.00. The molecule has 2 atom stereocenters. The highest BCUT2D eigenvalue weighted by molar-refractivity contribution is 7.86. The molecule has 78 valence electrons. The molecule has 1 aliphatic carbocycles. The summed E-state index contributed by atoms with van der Waals surface area (Å²) >= 11 is 0. The molecule has 0 amide bonds. The van der Waals surface area contributed by atoms with E-state index in [0.29, 0.717) is 6.04 Å². The van der Waals surface area contributed by atoms with E-state index in [9.17, 15) is 4.21 Å². The first-order valence-corrected chi connectivity index (χ1v) is 6.33. The number of nitrogens with one attached hydrogen (secondary N) is 1. The van der Waals surface area contributed by atoms with Gasteiger partial charge in [0.15, 0.2) is 0 Å². The smallest absolute Gasteiger partial charge is 0.0396 e. The van der Waals surface area contributed by atoms with Crippen molar-refractivity contribution in [3.63, 3.8) is 0 Å². The quantitative estimate of drug-likeness (QED) is 0.751. The van der Waals surface area contributed by atoms with E-state index in [1.54, 1.807) is 0 Å². The van der Waals surface area contributed by atoms with Gasteiger partial charge in [0, 0.05) is 27.3 Å². The van der Waals surface area contributed by atoms with Crippen molar-refractivity contribution in [2.75, 3.05) is 12.8 Å². The topological polar surface area (TPSA) is 29.1 Å². The van der Waals surface area contributed by atoms with Crippen LogP contribution < -0.4 is 5.32 Å². The van der Waals surface area contributed by atoms with Crippen LogP contribution in [0.5, 0.6) is 0 Å². The minimum Gasteiger partial charge on any atom is -0.316 e. The highest BCUT2D eigenvalue weighted by Crippen LogP contribution is 2.33. The summed E-state index contributed by atoms with van der Waals surface area (Å²) in [5.74, 6) is 1.60. The van der Waals surface area contributed by atoms with Crippen LogP contribution in [0.4, 0.5) is 0 Å². The van der Waals surface area contributed by atoms with Gasteiger partial charge in [-0.1, -0.05) is 0 Å². The van der Waals surface area contributed by atoms with Crippen molar-refractivity contribution in [3.05, 3.63) is 0 Å². The van der Waals surface area contributed by atoms with Crippen molar-refractivity contribution >= 4 is 10.8 Å².